The third-order valence-electron chi connectivity index (χ3n) is 7.00. The SMILES string of the molecule is CC(=O)N[C@@H]1CC[C@H]2CCOc3ccccc3C(=O)N3CCN(C(C)C)C[C@H]3C(=O)NC[C@H]1O2. The molecule has 2 N–H and O–H groups in total. The van der Waals surface area contributed by atoms with Crippen LogP contribution in [0.15, 0.2) is 24.3 Å². The summed E-state index contributed by atoms with van der Waals surface area (Å²) in [5.41, 5.74) is 0.475. The second kappa shape index (κ2) is 10.7. The molecule has 9 nitrogen and oxygen atoms in total. The van der Waals surface area contributed by atoms with Gasteiger partial charge in [-0.05, 0) is 38.8 Å². The van der Waals surface area contributed by atoms with Gasteiger partial charge in [0.05, 0.1) is 30.4 Å². The number of benzene rings is 1. The zero-order chi connectivity index (χ0) is 24.2. The fourth-order valence-corrected chi connectivity index (χ4v) is 5.07. The van der Waals surface area contributed by atoms with Crippen LogP contribution in [0.25, 0.3) is 0 Å². The van der Waals surface area contributed by atoms with Gasteiger partial charge in [-0.15, -0.1) is 0 Å². The Morgan fingerprint density at radius 3 is 2.71 bits per heavy atom. The van der Waals surface area contributed by atoms with Crippen LogP contribution >= 0.6 is 0 Å². The first-order valence-corrected chi connectivity index (χ1v) is 12.3. The average molecular weight is 473 g/mol. The second-order valence-electron chi connectivity index (χ2n) is 9.66. The van der Waals surface area contributed by atoms with Crippen molar-refractivity contribution in [3.05, 3.63) is 29.8 Å². The fraction of sp³-hybridized carbons (Fsp3) is 0.640. The average Bonchev–Trinajstić information content (AvgIpc) is 2.82. The number of hydrogen-bond acceptors (Lipinski definition) is 6. The van der Waals surface area contributed by atoms with E-state index in [9.17, 15) is 14.4 Å². The minimum absolute atomic E-state index is 0.0414. The van der Waals surface area contributed by atoms with E-state index in [1.165, 1.54) is 6.92 Å². The third-order valence-corrected chi connectivity index (χ3v) is 7.00. The first-order valence-electron chi connectivity index (χ1n) is 12.3. The van der Waals surface area contributed by atoms with Crippen LogP contribution in [-0.2, 0) is 14.3 Å². The molecule has 2 saturated heterocycles. The molecule has 3 amide bonds. The Hall–Kier alpha value is -2.65. The lowest BCUT2D eigenvalue weighted by atomic mass is 9.96. The largest absolute Gasteiger partial charge is 0.493 e. The van der Waals surface area contributed by atoms with Crippen LogP contribution in [0.4, 0.5) is 0 Å². The Kier molecular flexibility index (Phi) is 7.73. The monoisotopic (exact) mass is 472 g/mol. The van der Waals surface area contributed by atoms with Crippen molar-refractivity contribution in [3.8, 4) is 5.75 Å². The lowest BCUT2D eigenvalue weighted by Crippen LogP contribution is -2.62. The number of amides is 3. The summed E-state index contributed by atoms with van der Waals surface area (Å²) in [6, 6.07) is 6.70. The molecule has 3 heterocycles. The zero-order valence-corrected chi connectivity index (χ0v) is 20.3. The topological polar surface area (TPSA) is 100 Å². The number of nitrogens with zero attached hydrogens (tertiary/aromatic N) is 2. The number of piperazine rings is 1. The molecule has 0 unspecified atom stereocenters. The van der Waals surface area contributed by atoms with E-state index in [0.29, 0.717) is 44.0 Å². The molecule has 0 spiro atoms. The van der Waals surface area contributed by atoms with Crippen LogP contribution < -0.4 is 15.4 Å². The lowest BCUT2D eigenvalue weighted by molar-refractivity contribution is -0.131. The molecular weight excluding hydrogens is 436 g/mol. The van der Waals surface area contributed by atoms with E-state index < -0.39 is 6.04 Å². The number of hydrogen-bond donors (Lipinski definition) is 2. The van der Waals surface area contributed by atoms with E-state index >= 15 is 0 Å². The summed E-state index contributed by atoms with van der Waals surface area (Å²) < 4.78 is 12.3. The van der Waals surface area contributed by atoms with Crippen LogP contribution in [-0.4, -0.2) is 90.6 Å². The van der Waals surface area contributed by atoms with Crippen molar-refractivity contribution in [1.29, 1.82) is 0 Å². The Morgan fingerprint density at radius 1 is 1.15 bits per heavy atom. The van der Waals surface area contributed by atoms with Gasteiger partial charge in [-0.2, -0.15) is 0 Å². The number of carbonyl (C=O) groups excluding carboxylic acids is 3. The van der Waals surface area contributed by atoms with Crippen molar-refractivity contribution in [2.24, 2.45) is 0 Å². The summed E-state index contributed by atoms with van der Waals surface area (Å²) in [6.07, 6.45) is 1.85. The van der Waals surface area contributed by atoms with E-state index in [0.717, 1.165) is 12.8 Å². The highest BCUT2D eigenvalue weighted by molar-refractivity contribution is 6.00. The number of carbonyl (C=O) groups is 3. The molecule has 4 atom stereocenters. The smallest absolute Gasteiger partial charge is 0.258 e. The van der Waals surface area contributed by atoms with Gasteiger partial charge in [0.2, 0.25) is 11.8 Å². The van der Waals surface area contributed by atoms with Crippen LogP contribution in [0.1, 0.15) is 50.4 Å². The molecule has 4 rings (SSSR count). The van der Waals surface area contributed by atoms with Crippen molar-refractivity contribution in [3.63, 3.8) is 0 Å². The highest BCUT2D eigenvalue weighted by Crippen LogP contribution is 2.26. The molecular formula is C25H36N4O5. The van der Waals surface area contributed by atoms with E-state index in [2.05, 4.69) is 29.4 Å². The molecule has 1 aromatic carbocycles. The predicted octanol–water partition coefficient (Wildman–Crippen LogP) is 1.17. The summed E-state index contributed by atoms with van der Waals surface area (Å²) in [4.78, 5) is 42.6. The third kappa shape index (κ3) is 5.52. The van der Waals surface area contributed by atoms with Gasteiger partial charge in [0.25, 0.3) is 5.91 Å². The Bertz CT molecular complexity index is 907. The zero-order valence-electron chi connectivity index (χ0n) is 20.3. The maximum absolute atomic E-state index is 13.6. The van der Waals surface area contributed by atoms with Gasteiger partial charge in [0.1, 0.15) is 11.8 Å². The van der Waals surface area contributed by atoms with E-state index in [4.69, 9.17) is 9.47 Å². The van der Waals surface area contributed by atoms with Gasteiger partial charge in [-0.3, -0.25) is 19.3 Å². The van der Waals surface area contributed by atoms with Crippen molar-refractivity contribution in [2.45, 2.75) is 70.4 Å². The van der Waals surface area contributed by atoms with Crippen molar-refractivity contribution in [1.82, 2.24) is 20.4 Å². The predicted molar refractivity (Wildman–Crippen MR) is 127 cm³/mol. The van der Waals surface area contributed by atoms with Gasteiger partial charge in [0.15, 0.2) is 0 Å². The molecule has 2 fully saturated rings. The molecule has 0 radical (unpaired) electrons. The molecule has 3 aliphatic rings. The van der Waals surface area contributed by atoms with Gasteiger partial charge < -0.3 is 25.0 Å². The van der Waals surface area contributed by atoms with E-state index in [-0.39, 0.29) is 48.6 Å². The number of nitrogens with one attached hydrogen (secondary N) is 2. The number of fused-ring (bicyclic) bond motifs is 4. The van der Waals surface area contributed by atoms with Crippen LogP contribution in [0.3, 0.4) is 0 Å². The molecule has 3 aliphatic heterocycles. The van der Waals surface area contributed by atoms with Crippen LogP contribution in [0.5, 0.6) is 5.75 Å². The highest BCUT2D eigenvalue weighted by atomic mass is 16.5. The van der Waals surface area contributed by atoms with Crippen molar-refractivity contribution >= 4 is 17.7 Å². The molecule has 0 aromatic heterocycles. The molecule has 0 aliphatic carbocycles. The van der Waals surface area contributed by atoms with Gasteiger partial charge in [0, 0.05) is 45.6 Å². The molecule has 1 aromatic rings. The summed E-state index contributed by atoms with van der Waals surface area (Å²) in [6.45, 7) is 7.99. The normalized spacial score (nSPS) is 28.8. The quantitative estimate of drug-likeness (QED) is 0.670. The summed E-state index contributed by atoms with van der Waals surface area (Å²) in [5.74, 6) is 0.0121. The number of rotatable bonds is 2. The van der Waals surface area contributed by atoms with Gasteiger partial charge in [-0.1, -0.05) is 12.1 Å². The standard InChI is InChI=1S/C25H36N4O5/c1-16(2)28-11-12-29-21(15-28)24(31)26-14-23-20(27-17(3)30)9-8-18(34-23)10-13-33-22-7-5-4-6-19(22)25(29)32/h4-7,16,18,20-21,23H,8-15H2,1-3H3,(H,26,31)(H,27,30)/t18-,20+,21-,23+/m0/s1. The Morgan fingerprint density at radius 2 is 1.94 bits per heavy atom. The van der Waals surface area contributed by atoms with Crippen molar-refractivity contribution in [2.75, 3.05) is 32.8 Å². The lowest BCUT2D eigenvalue weighted by Gasteiger charge is -2.43. The molecule has 2 bridgehead atoms. The first kappa shape index (κ1) is 24.5. The molecule has 9 heteroatoms. The first-order chi connectivity index (χ1) is 16.3. The van der Waals surface area contributed by atoms with Crippen LogP contribution in [0, 0.1) is 0 Å². The maximum Gasteiger partial charge on any atom is 0.258 e. The second-order valence-corrected chi connectivity index (χ2v) is 9.66. The van der Waals surface area contributed by atoms with Gasteiger partial charge in [-0.25, -0.2) is 0 Å². The minimum atomic E-state index is -0.627. The summed E-state index contributed by atoms with van der Waals surface area (Å²) in [5, 5.41) is 6.00. The molecule has 34 heavy (non-hydrogen) atoms. The fourth-order valence-electron chi connectivity index (χ4n) is 5.07. The van der Waals surface area contributed by atoms with E-state index in [1.807, 2.05) is 12.1 Å². The number of ether oxygens (including phenoxy) is 2. The van der Waals surface area contributed by atoms with Crippen LogP contribution in [0.2, 0.25) is 0 Å². The van der Waals surface area contributed by atoms with Gasteiger partial charge >= 0.3 is 0 Å². The van der Waals surface area contributed by atoms with E-state index in [1.54, 1.807) is 17.0 Å². The maximum atomic E-state index is 13.6. The van der Waals surface area contributed by atoms with Crippen molar-refractivity contribution < 1.29 is 23.9 Å². The Balaban J connectivity index is 1.63. The Labute approximate surface area is 201 Å². The number of para-hydroxylation sites is 1. The minimum Gasteiger partial charge on any atom is -0.493 e. The molecule has 0 saturated carbocycles. The molecule has 186 valence electrons. The summed E-state index contributed by atoms with van der Waals surface area (Å²) >= 11 is 0. The highest BCUT2D eigenvalue weighted by Gasteiger charge is 2.39. The summed E-state index contributed by atoms with van der Waals surface area (Å²) in [7, 11) is 0.